The second-order valence-electron chi connectivity index (χ2n) is 4.10. The maximum Gasteiger partial charge on any atom is 0.211 e. The van der Waals surface area contributed by atoms with Crippen molar-refractivity contribution >= 4 is 10.0 Å². The van der Waals surface area contributed by atoms with Gasteiger partial charge in [0, 0.05) is 38.8 Å². The minimum atomic E-state index is -3.00. The summed E-state index contributed by atoms with van der Waals surface area (Å²) in [6.07, 6.45) is 1.28. The number of nitrogens with zero attached hydrogens (tertiary/aromatic N) is 2. The molecular weight excluding hydrogens is 214 g/mol. The van der Waals surface area contributed by atoms with E-state index in [1.165, 1.54) is 6.26 Å². The highest BCUT2D eigenvalue weighted by Gasteiger charge is 2.25. The fourth-order valence-electron chi connectivity index (χ4n) is 1.90. The Hall–Kier alpha value is -0.170. The number of sulfonamides is 1. The zero-order valence-electron chi connectivity index (χ0n) is 9.73. The van der Waals surface area contributed by atoms with Crippen molar-refractivity contribution in [2.45, 2.75) is 13.0 Å². The van der Waals surface area contributed by atoms with E-state index in [9.17, 15) is 8.42 Å². The molecule has 1 N–H and O–H groups in total. The molecule has 1 aliphatic rings. The Morgan fingerprint density at radius 3 is 2.20 bits per heavy atom. The molecule has 1 rings (SSSR count). The average molecular weight is 235 g/mol. The van der Waals surface area contributed by atoms with E-state index in [4.69, 9.17) is 0 Å². The molecule has 1 unspecified atom stereocenters. The predicted octanol–water partition coefficient (Wildman–Crippen LogP) is -0.828. The molecule has 0 bridgehead atoms. The molecule has 0 aromatic heterocycles. The first-order chi connectivity index (χ1) is 6.95. The van der Waals surface area contributed by atoms with Crippen LogP contribution in [0.3, 0.4) is 0 Å². The van der Waals surface area contributed by atoms with Gasteiger partial charge in [-0.1, -0.05) is 0 Å². The molecular formula is C9H21N3O2S. The van der Waals surface area contributed by atoms with Crippen LogP contribution in [0.5, 0.6) is 0 Å². The van der Waals surface area contributed by atoms with Crippen LogP contribution in [0.2, 0.25) is 0 Å². The van der Waals surface area contributed by atoms with Gasteiger partial charge in [0.15, 0.2) is 0 Å². The summed E-state index contributed by atoms with van der Waals surface area (Å²) in [4.78, 5) is 2.32. The molecule has 90 valence electrons. The van der Waals surface area contributed by atoms with Crippen molar-refractivity contribution in [3.8, 4) is 0 Å². The molecule has 0 aromatic carbocycles. The molecule has 0 radical (unpaired) electrons. The molecule has 0 aliphatic carbocycles. The van der Waals surface area contributed by atoms with Crippen LogP contribution in [-0.4, -0.2) is 69.7 Å². The van der Waals surface area contributed by atoms with E-state index < -0.39 is 10.0 Å². The van der Waals surface area contributed by atoms with Crippen LogP contribution < -0.4 is 5.32 Å². The second kappa shape index (κ2) is 5.25. The molecule has 0 spiro atoms. The smallest absolute Gasteiger partial charge is 0.211 e. The standard InChI is InChI=1S/C9H21N3O2S/c1-9(8-10-2)11-4-6-12(7-5-11)15(3,13)14/h9-10H,4-8H2,1-3H3. The number of piperazine rings is 1. The van der Waals surface area contributed by atoms with Crippen molar-refractivity contribution in [1.82, 2.24) is 14.5 Å². The van der Waals surface area contributed by atoms with Crippen LogP contribution in [0.4, 0.5) is 0 Å². The Labute approximate surface area is 92.5 Å². The number of hydrogen-bond acceptors (Lipinski definition) is 4. The molecule has 15 heavy (non-hydrogen) atoms. The lowest BCUT2D eigenvalue weighted by Crippen LogP contribution is -2.52. The maximum atomic E-state index is 11.3. The van der Waals surface area contributed by atoms with Gasteiger partial charge in [0.2, 0.25) is 10.0 Å². The normalized spacial score (nSPS) is 22.9. The SMILES string of the molecule is CNCC(C)N1CCN(S(C)(=O)=O)CC1. The van der Waals surface area contributed by atoms with Crippen LogP contribution in [-0.2, 0) is 10.0 Å². The first kappa shape index (κ1) is 12.9. The largest absolute Gasteiger partial charge is 0.318 e. The van der Waals surface area contributed by atoms with Crippen molar-refractivity contribution in [1.29, 1.82) is 0 Å². The van der Waals surface area contributed by atoms with E-state index in [1.54, 1.807) is 4.31 Å². The summed E-state index contributed by atoms with van der Waals surface area (Å²) in [6.45, 7) is 6.00. The highest BCUT2D eigenvalue weighted by atomic mass is 32.2. The Morgan fingerprint density at radius 2 is 1.80 bits per heavy atom. The van der Waals surface area contributed by atoms with E-state index in [0.717, 1.165) is 19.6 Å². The second-order valence-corrected chi connectivity index (χ2v) is 6.09. The minimum Gasteiger partial charge on any atom is -0.318 e. The first-order valence-electron chi connectivity index (χ1n) is 5.29. The molecule has 1 aliphatic heterocycles. The van der Waals surface area contributed by atoms with Gasteiger partial charge in [0.05, 0.1) is 6.26 Å². The number of rotatable bonds is 4. The zero-order chi connectivity index (χ0) is 11.5. The molecule has 5 nitrogen and oxygen atoms in total. The summed E-state index contributed by atoms with van der Waals surface area (Å²) in [5.74, 6) is 0. The van der Waals surface area contributed by atoms with Crippen LogP contribution in [0.25, 0.3) is 0 Å². The Balaban J connectivity index is 2.42. The average Bonchev–Trinajstić information content (AvgIpc) is 2.17. The quantitative estimate of drug-likeness (QED) is 0.691. The predicted molar refractivity (Wildman–Crippen MR) is 61.4 cm³/mol. The van der Waals surface area contributed by atoms with Crippen molar-refractivity contribution in [3.05, 3.63) is 0 Å². The van der Waals surface area contributed by atoms with Gasteiger partial charge in [-0.05, 0) is 14.0 Å². The van der Waals surface area contributed by atoms with Crippen molar-refractivity contribution in [3.63, 3.8) is 0 Å². The van der Waals surface area contributed by atoms with E-state index in [1.807, 2.05) is 7.05 Å². The zero-order valence-corrected chi connectivity index (χ0v) is 10.5. The van der Waals surface area contributed by atoms with Gasteiger partial charge in [-0.2, -0.15) is 4.31 Å². The summed E-state index contributed by atoms with van der Waals surface area (Å²) in [6, 6.07) is 0.469. The third kappa shape index (κ3) is 3.71. The molecule has 0 amide bonds. The summed E-state index contributed by atoms with van der Waals surface area (Å²) >= 11 is 0. The summed E-state index contributed by atoms with van der Waals surface area (Å²) in [5, 5.41) is 3.13. The number of hydrogen-bond donors (Lipinski definition) is 1. The molecule has 1 fully saturated rings. The van der Waals surface area contributed by atoms with E-state index in [2.05, 4.69) is 17.1 Å². The van der Waals surface area contributed by atoms with E-state index >= 15 is 0 Å². The van der Waals surface area contributed by atoms with Gasteiger partial charge in [-0.15, -0.1) is 0 Å². The number of likely N-dealkylation sites (N-methyl/N-ethyl adjacent to an activating group) is 1. The minimum absolute atomic E-state index is 0.469. The van der Waals surface area contributed by atoms with Crippen LogP contribution in [0.1, 0.15) is 6.92 Å². The summed E-state index contributed by atoms with van der Waals surface area (Å²) in [7, 11) is -1.06. The highest BCUT2D eigenvalue weighted by molar-refractivity contribution is 7.88. The molecule has 1 atom stereocenters. The summed E-state index contributed by atoms with van der Waals surface area (Å²) < 4.78 is 24.1. The van der Waals surface area contributed by atoms with Gasteiger partial charge >= 0.3 is 0 Å². The lowest BCUT2D eigenvalue weighted by molar-refractivity contribution is 0.145. The monoisotopic (exact) mass is 235 g/mol. The molecule has 0 saturated carbocycles. The van der Waals surface area contributed by atoms with Crippen LogP contribution in [0.15, 0.2) is 0 Å². The first-order valence-corrected chi connectivity index (χ1v) is 7.13. The van der Waals surface area contributed by atoms with Gasteiger partial charge in [0.25, 0.3) is 0 Å². The highest BCUT2D eigenvalue weighted by Crippen LogP contribution is 2.08. The summed E-state index contributed by atoms with van der Waals surface area (Å²) in [5.41, 5.74) is 0. The molecule has 6 heteroatoms. The van der Waals surface area contributed by atoms with Gasteiger partial charge in [0.1, 0.15) is 0 Å². The van der Waals surface area contributed by atoms with Gasteiger partial charge in [-0.25, -0.2) is 8.42 Å². The molecule has 1 heterocycles. The Kier molecular flexibility index (Phi) is 4.51. The maximum absolute atomic E-state index is 11.3. The lowest BCUT2D eigenvalue weighted by atomic mass is 10.2. The van der Waals surface area contributed by atoms with Crippen molar-refractivity contribution in [2.24, 2.45) is 0 Å². The third-order valence-corrected chi connectivity index (χ3v) is 4.17. The van der Waals surface area contributed by atoms with Crippen LogP contribution in [0, 0.1) is 0 Å². The molecule has 1 saturated heterocycles. The van der Waals surface area contributed by atoms with Gasteiger partial charge < -0.3 is 5.32 Å². The van der Waals surface area contributed by atoms with Crippen LogP contribution >= 0.6 is 0 Å². The fourth-order valence-corrected chi connectivity index (χ4v) is 2.73. The topological polar surface area (TPSA) is 52.6 Å². The van der Waals surface area contributed by atoms with Crippen molar-refractivity contribution in [2.75, 3.05) is 46.0 Å². The Morgan fingerprint density at radius 1 is 1.27 bits per heavy atom. The fraction of sp³-hybridized carbons (Fsp3) is 1.00. The Bertz CT molecular complexity index is 284. The number of nitrogens with one attached hydrogen (secondary N) is 1. The van der Waals surface area contributed by atoms with Crippen molar-refractivity contribution < 1.29 is 8.42 Å². The van der Waals surface area contributed by atoms with Gasteiger partial charge in [-0.3, -0.25) is 4.90 Å². The molecule has 0 aromatic rings. The van der Waals surface area contributed by atoms with E-state index in [-0.39, 0.29) is 0 Å². The van der Waals surface area contributed by atoms with E-state index in [0.29, 0.717) is 19.1 Å². The lowest BCUT2D eigenvalue weighted by Gasteiger charge is -2.36. The third-order valence-electron chi connectivity index (χ3n) is 2.87.